The molecule has 0 saturated carbocycles. The summed E-state index contributed by atoms with van der Waals surface area (Å²) >= 11 is 6.41. The summed E-state index contributed by atoms with van der Waals surface area (Å²) in [7, 11) is 0. The normalized spacial score (nSPS) is 28.8. The van der Waals surface area contributed by atoms with Crippen LogP contribution in [0.1, 0.15) is 23.6 Å². The molecule has 4 heterocycles. The lowest BCUT2D eigenvalue weighted by molar-refractivity contribution is 0.00706. The molecular formula is C21H19ClF2N4O4. The summed E-state index contributed by atoms with van der Waals surface area (Å²) in [5.74, 6) is -0.815. The molecule has 32 heavy (non-hydrogen) atoms. The van der Waals surface area contributed by atoms with Crippen LogP contribution in [0.4, 0.5) is 14.6 Å². The number of anilines is 1. The smallest absolute Gasteiger partial charge is 0.296 e. The lowest BCUT2D eigenvalue weighted by atomic mass is 10.1. The molecule has 0 bridgehead atoms. The van der Waals surface area contributed by atoms with Gasteiger partial charge >= 0.3 is 0 Å². The number of pyridine rings is 1. The minimum atomic E-state index is -0.666. The molecule has 3 aromatic rings. The highest BCUT2D eigenvalue weighted by Gasteiger charge is 2.48. The first-order valence-corrected chi connectivity index (χ1v) is 10.7. The van der Waals surface area contributed by atoms with Crippen molar-refractivity contribution in [2.75, 3.05) is 18.5 Å². The average molecular weight is 465 g/mol. The van der Waals surface area contributed by atoms with E-state index in [0.717, 1.165) is 6.07 Å². The number of aromatic nitrogens is 3. The number of imidazole rings is 1. The number of halogens is 3. The van der Waals surface area contributed by atoms with E-state index in [9.17, 15) is 13.9 Å². The van der Waals surface area contributed by atoms with Crippen LogP contribution in [0.2, 0.25) is 5.02 Å². The number of aryl methyl sites for hydroxylation is 1. The van der Waals surface area contributed by atoms with Crippen molar-refractivity contribution < 1.29 is 28.1 Å². The molecule has 0 radical (unpaired) electrons. The zero-order valence-corrected chi connectivity index (χ0v) is 17.4. The highest BCUT2D eigenvalue weighted by atomic mass is 35.5. The largest absolute Gasteiger partial charge is 0.456 e. The topological polar surface area (TPSA) is 102 Å². The highest BCUT2D eigenvalue weighted by Crippen LogP contribution is 2.38. The molecule has 3 N–H and O–H groups in total. The van der Waals surface area contributed by atoms with Gasteiger partial charge in [-0.3, -0.25) is 0 Å². The SMILES string of the molecule is O[C@@H]1CO[C@H]2[C@@H]1OC[C@H]2Oc1nc2nc(N[C@H]3CCc4cc(F)cc(F)c43)c(Cl)cc2[nH]1. The monoisotopic (exact) mass is 464 g/mol. The number of ether oxygens (including phenoxy) is 3. The fraction of sp³-hybridized carbons (Fsp3) is 0.429. The maximum Gasteiger partial charge on any atom is 0.296 e. The van der Waals surface area contributed by atoms with Crippen molar-refractivity contribution in [1.29, 1.82) is 0 Å². The number of hydrogen-bond acceptors (Lipinski definition) is 7. The molecular weight excluding hydrogens is 446 g/mol. The number of aliphatic hydroxyl groups excluding tert-OH is 1. The lowest BCUT2D eigenvalue weighted by Crippen LogP contribution is -2.34. The molecule has 1 aromatic carbocycles. The van der Waals surface area contributed by atoms with Crippen LogP contribution < -0.4 is 10.1 Å². The Morgan fingerprint density at radius 1 is 1.16 bits per heavy atom. The van der Waals surface area contributed by atoms with Gasteiger partial charge in [-0.1, -0.05) is 11.6 Å². The molecule has 3 aliphatic rings. The maximum atomic E-state index is 14.4. The Labute approximate surface area is 185 Å². The molecule has 6 rings (SSSR count). The van der Waals surface area contributed by atoms with Crippen LogP contribution in [0.3, 0.4) is 0 Å². The van der Waals surface area contributed by atoms with Crippen LogP contribution in [0, 0.1) is 11.6 Å². The summed E-state index contributed by atoms with van der Waals surface area (Å²) in [5, 5.41) is 13.4. The van der Waals surface area contributed by atoms with Gasteiger partial charge in [0.2, 0.25) is 0 Å². The second-order valence-corrected chi connectivity index (χ2v) is 8.65. The first-order chi connectivity index (χ1) is 15.5. The lowest BCUT2D eigenvalue weighted by Gasteiger charge is -2.16. The second kappa shape index (κ2) is 7.51. The Balaban J connectivity index is 1.23. The number of hydrogen-bond donors (Lipinski definition) is 3. The first-order valence-electron chi connectivity index (χ1n) is 10.3. The summed E-state index contributed by atoms with van der Waals surface area (Å²) in [6.07, 6.45) is -0.698. The highest BCUT2D eigenvalue weighted by molar-refractivity contribution is 6.33. The van der Waals surface area contributed by atoms with E-state index in [-0.39, 0.29) is 31.4 Å². The van der Waals surface area contributed by atoms with E-state index in [0.29, 0.717) is 46.0 Å². The molecule has 8 nitrogen and oxygen atoms in total. The predicted octanol–water partition coefficient (Wildman–Crippen LogP) is 2.89. The second-order valence-electron chi connectivity index (χ2n) is 8.25. The number of benzene rings is 1. The zero-order chi connectivity index (χ0) is 22.0. The van der Waals surface area contributed by atoms with Crippen LogP contribution >= 0.6 is 11.6 Å². The summed E-state index contributed by atoms with van der Waals surface area (Å²) in [4.78, 5) is 11.9. The average Bonchev–Trinajstić information content (AvgIpc) is 3.49. The van der Waals surface area contributed by atoms with Gasteiger partial charge in [0.1, 0.15) is 35.8 Å². The zero-order valence-electron chi connectivity index (χ0n) is 16.6. The molecule has 2 aromatic heterocycles. The summed E-state index contributed by atoms with van der Waals surface area (Å²) in [5.41, 5.74) is 2.01. The van der Waals surface area contributed by atoms with Crippen LogP contribution in [-0.4, -0.2) is 57.7 Å². The Bertz CT molecular complexity index is 1210. The Kier molecular flexibility index (Phi) is 4.72. The van der Waals surface area contributed by atoms with Gasteiger partial charge in [0.15, 0.2) is 11.8 Å². The van der Waals surface area contributed by atoms with E-state index >= 15 is 0 Å². The molecule has 2 aliphatic heterocycles. The number of rotatable bonds is 4. The predicted molar refractivity (Wildman–Crippen MR) is 110 cm³/mol. The summed E-state index contributed by atoms with van der Waals surface area (Å²) in [6, 6.07) is 3.76. The quantitative estimate of drug-likeness (QED) is 0.545. The van der Waals surface area contributed by atoms with Gasteiger partial charge in [-0.05, 0) is 30.5 Å². The minimum absolute atomic E-state index is 0.207. The third-order valence-electron chi connectivity index (χ3n) is 6.19. The van der Waals surface area contributed by atoms with Crippen molar-refractivity contribution in [2.45, 2.75) is 43.3 Å². The van der Waals surface area contributed by atoms with Crippen LogP contribution in [0.15, 0.2) is 18.2 Å². The molecule has 0 amide bonds. The number of nitrogens with one attached hydrogen (secondary N) is 2. The number of H-pyrrole nitrogens is 1. The number of aromatic amines is 1. The van der Waals surface area contributed by atoms with Gasteiger partial charge < -0.3 is 29.6 Å². The maximum absolute atomic E-state index is 14.4. The van der Waals surface area contributed by atoms with Crippen molar-refractivity contribution in [3.05, 3.63) is 46.0 Å². The van der Waals surface area contributed by atoms with E-state index < -0.39 is 29.9 Å². The van der Waals surface area contributed by atoms with E-state index in [1.807, 2.05) is 0 Å². The van der Waals surface area contributed by atoms with Gasteiger partial charge in [-0.15, -0.1) is 0 Å². The number of nitrogens with zero attached hydrogens (tertiary/aromatic N) is 2. The van der Waals surface area contributed by atoms with Crippen molar-refractivity contribution in [3.63, 3.8) is 0 Å². The molecule has 2 fully saturated rings. The fourth-order valence-corrected chi connectivity index (χ4v) is 4.94. The standard InChI is InChI=1S/C21H19ClF2N4O4/c22-10-5-13-20(28-21(26-13)32-15-7-31-17-14(29)6-30-18(15)17)27-19(10)25-12-2-1-8-3-9(23)4-11(24)16(8)12/h3-5,12,14-15,17-18,29H,1-2,6-7H2,(H2,25,26,27,28)/t12-,14+,15+,17+,18+/m0/s1. The molecule has 0 spiro atoms. The minimum Gasteiger partial charge on any atom is -0.456 e. The van der Waals surface area contributed by atoms with Crippen LogP contribution in [-0.2, 0) is 15.9 Å². The third-order valence-corrected chi connectivity index (χ3v) is 6.48. The van der Waals surface area contributed by atoms with Crippen molar-refractivity contribution in [3.8, 4) is 6.01 Å². The molecule has 0 unspecified atom stereocenters. The number of aliphatic hydroxyl groups is 1. The van der Waals surface area contributed by atoms with E-state index in [1.54, 1.807) is 6.07 Å². The van der Waals surface area contributed by atoms with Crippen molar-refractivity contribution >= 4 is 28.6 Å². The van der Waals surface area contributed by atoms with Crippen molar-refractivity contribution in [1.82, 2.24) is 15.0 Å². The third kappa shape index (κ3) is 3.29. The van der Waals surface area contributed by atoms with Gasteiger partial charge in [0, 0.05) is 11.6 Å². The van der Waals surface area contributed by atoms with E-state index in [4.69, 9.17) is 25.8 Å². The Morgan fingerprint density at radius 2 is 2.00 bits per heavy atom. The van der Waals surface area contributed by atoms with Gasteiger partial charge in [0.25, 0.3) is 6.01 Å². The molecule has 5 atom stereocenters. The summed E-state index contributed by atoms with van der Waals surface area (Å²) < 4.78 is 44.9. The van der Waals surface area contributed by atoms with Gasteiger partial charge in [0.05, 0.1) is 29.8 Å². The van der Waals surface area contributed by atoms with E-state index in [2.05, 4.69) is 20.3 Å². The molecule has 1 aliphatic carbocycles. The number of fused-ring (bicyclic) bond motifs is 3. The van der Waals surface area contributed by atoms with Crippen LogP contribution in [0.5, 0.6) is 6.01 Å². The Hall–Kier alpha value is -2.53. The molecule has 168 valence electrons. The first kappa shape index (κ1) is 20.1. The summed E-state index contributed by atoms with van der Waals surface area (Å²) in [6.45, 7) is 0.483. The van der Waals surface area contributed by atoms with Crippen molar-refractivity contribution in [2.24, 2.45) is 0 Å². The Morgan fingerprint density at radius 3 is 2.88 bits per heavy atom. The van der Waals surface area contributed by atoms with E-state index in [1.165, 1.54) is 6.07 Å². The molecule has 2 saturated heterocycles. The fourth-order valence-electron chi connectivity index (χ4n) is 4.73. The van der Waals surface area contributed by atoms with Crippen LogP contribution in [0.25, 0.3) is 11.2 Å². The van der Waals surface area contributed by atoms with Gasteiger partial charge in [-0.25, -0.2) is 13.8 Å². The van der Waals surface area contributed by atoms with Gasteiger partial charge in [-0.2, -0.15) is 4.98 Å². The molecule has 11 heteroatoms.